The summed E-state index contributed by atoms with van der Waals surface area (Å²) < 4.78 is 0. The molecule has 1 aromatic carbocycles. The molecular weight excluding hydrogens is 298 g/mol. The predicted octanol–water partition coefficient (Wildman–Crippen LogP) is 4.03. The molecule has 0 radical (unpaired) electrons. The molecule has 1 saturated carbocycles. The van der Waals surface area contributed by atoms with Crippen molar-refractivity contribution in [1.82, 2.24) is 4.98 Å². The summed E-state index contributed by atoms with van der Waals surface area (Å²) >= 11 is 0. The third-order valence-electron chi connectivity index (χ3n) is 5.13. The molecule has 0 spiro atoms. The van der Waals surface area contributed by atoms with E-state index in [0.717, 1.165) is 17.8 Å². The minimum absolute atomic E-state index is 0.0140. The van der Waals surface area contributed by atoms with Gasteiger partial charge >= 0.3 is 0 Å². The molecule has 0 saturated heterocycles. The number of carbonyl (C=O) groups is 1. The Morgan fingerprint density at radius 1 is 1.17 bits per heavy atom. The van der Waals surface area contributed by atoms with Crippen LogP contribution in [0.1, 0.15) is 48.7 Å². The van der Waals surface area contributed by atoms with E-state index in [4.69, 9.17) is 0 Å². The fraction of sp³-hybridized carbons (Fsp3) is 0.400. The first kappa shape index (κ1) is 15.2. The highest BCUT2D eigenvalue weighted by Gasteiger charge is 2.31. The number of hydrogen-bond donors (Lipinski definition) is 1. The van der Waals surface area contributed by atoms with Gasteiger partial charge in [-0.25, -0.2) is 4.98 Å². The second kappa shape index (κ2) is 6.27. The van der Waals surface area contributed by atoms with Crippen LogP contribution < -0.4 is 10.2 Å². The highest BCUT2D eigenvalue weighted by Crippen LogP contribution is 2.33. The summed E-state index contributed by atoms with van der Waals surface area (Å²) in [7, 11) is 0. The van der Waals surface area contributed by atoms with Gasteiger partial charge in [0.25, 0.3) is 5.91 Å². The molecule has 1 aliphatic heterocycles. The molecule has 4 heteroatoms. The van der Waals surface area contributed by atoms with Crippen LogP contribution in [0.2, 0.25) is 0 Å². The molecule has 2 aliphatic rings. The molecule has 1 N–H and O–H groups in total. The zero-order valence-electron chi connectivity index (χ0n) is 14.0. The molecule has 1 atom stereocenters. The van der Waals surface area contributed by atoms with Crippen molar-refractivity contribution in [2.75, 3.05) is 10.2 Å². The van der Waals surface area contributed by atoms with E-state index in [1.807, 2.05) is 35.2 Å². The minimum atomic E-state index is -0.0140. The average Bonchev–Trinajstić information content (AvgIpc) is 3.21. The van der Waals surface area contributed by atoms with E-state index in [9.17, 15) is 4.79 Å². The molecule has 0 bridgehead atoms. The molecule has 1 amide bonds. The van der Waals surface area contributed by atoms with Gasteiger partial charge in [0.1, 0.15) is 5.69 Å². The Balaban J connectivity index is 1.52. The molecule has 2 heterocycles. The Bertz CT molecular complexity index is 735. The predicted molar refractivity (Wildman–Crippen MR) is 96.5 cm³/mol. The Kier molecular flexibility index (Phi) is 3.97. The van der Waals surface area contributed by atoms with E-state index in [1.54, 1.807) is 6.20 Å². The van der Waals surface area contributed by atoms with Crippen LogP contribution in [-0.2, 0) is 6.42 Å². The van der Waals surface area contributed by atoms with Crippen LogP contribution in [0, 0.1) is 0 Å². The number of anilines is 2. The standard InChI is InChI=1S/C20H23N3O/c1-14-12-15-6-2-5-9-19(15)23(14)20(24)18-11-10-17(13-21-18)22-16-7-3-4-8-16/h2,5-6,9-11,13-14,16,22H,3-4,7-8,12H2,1H3. The van der Waals surface area contributed by atoms with Crippen molar-refractivity contribution < 1.29 is 4.79 Å². The summed E-state index contributed by atoms with van der Waals surface area (Å²) in [5, 5.41) is 3.51. The molecule has 1 fully saturated rings. The summed E-state index contributed by atoms with van der Waals surface area (Å²) in [6, 6.07) is 12.7. The number of para-hydroxylation sites is 1. The lowest BCUT2D eigenvalue weighted by Gasteiger charge is -2.22. The van der Waals surface area contributed by atoms with Crippen LogP contribution in [0.3, 0.4) is 0 Å². The summed E-state index contributed by atoms with van der Waals surface area (Å²) in [5.74, 6) is -0.0140. The monoisotopic (exact) mass is 321 g/mol. The van der Waals surface area contributed by atoms with Gasteiger partial charge in [-0.05, 0) is 49.9 Å². The van der Waals surface area contributed by atoms with E-state index < -0.39 is 0 Å². The van der Waals surface area contributed by atoms with Gasteiger partial charge in [-0.3, -0.25) is 4.79 Å². The molecule has 1 aliphatic carbocycles. The quantitative estimate of drug-likeness (QED) is 0.928. The van der Waals surface area contributed by atoms with Crippen LogP contribution >= 0.6 is 0 Å². The van der Waals surface area contributed by atoms with Crippen molar-refractivity contribution in [3.63, 3.8) is 0 Å². The van der Waals surface area contributed by atoms with Crippen LogP contribution in [0.4, 0.5) is 11.4 Å². The third kappa shape index (κ3) is 2.77. The van der Waals surface area contributed by atoms with Crippen molar-refractivity contribution in [3.05, 3.63) is 53.9 Å². The number of amides is 1. The minimum Gasteiger partial charge on any atom is -0.381 e. The number of benzene rings is 1. The summed E-state index contributed by atoms with van der Waals surface area (Å²) in [4.78, 5) is 19.2. The van der Waals surface area contributed by atoms with Crippen LogP contribution in [-0.4, -0.2) is 23.0 Å². The van der Waals surface area contributed by atoms with Gasteiger partial charge in [-0.2, -0.15) is 0 Å². The highest BCUT2D eigenvalue weighted by molar-refractivity contribution is 6.06. The SMILES string of the molecule is CC1Cc2ccccc2N1C(=O)c1ccc(NC2CCCC2)cn1. The Morgan fingerprint density at radius 3 is 2.71 bits per heavy atom. The van der Waals surface area contributed by atoms with Gasteiger partial charge in [0.05, 0.1) is 11.9 Å². The second-order valence-electron chi connectivity index (χ2n) is 6.91. The molecule has 1 aromatic heterocycles. The smallest absolute Gasteiger partial charge is 0.277 e. The topological polar surface area (TPSA) is 45.2 Å². The lowest BCUT2D eigenvalue weighted by atomic mass is 10.1. The van der Waals surface area contributed by atoms with Crippen LogP contribution in [0.25, 0.3) is 0 Å². The fourth-order valence-electron chi connectivity index (χ4n) is 3.91. The second-order valence-corrected chi connectivity index (χ2v) is 6.91. The first-order chi connectivity index (χ1) is 11.7. The van der Waals surface area contributed by atoms with Gasteiger partial charge in [-0.1, -0.05) is 31.0 Å². The average molecular weight is 321 g/mol. The molecule has 2 aromatic rings. The lowest BCUT2D eigenvalue weighted by molar-refractivity contribution is 0.0976. The summed E-state index contributed by atoms with van der Waals surface area (Å²) in [5.41, 5.74) is 3.77. The number of fused-ring (bicyclic) bond motifs is 1. The van der Waals surface area contributed by atoms with E-state index >= 15 is 0 Å². The van der Waals surface area contributed by atoms with Gasteiger partial charge in [-0.15, -0.1) is 0 Å². The molecule has 24 heavy (non-hydrogen) atoms. The van der Waals surface area contributed by atoms with Crippen molar-refractivity contribution in [1.29, 1.82) is 0 Å². The van der Waals surface area contributed by atoms with E-state index in [0.29, 0.717) is 11.7 Å². The molecule has 1 unspecified atom stereocenters. The third-order valence-corrected chi connectivity index (χ3v) is 5.13. The zero-order valence-corrected chi connectivity index (χ0v) is 14.0. The van der Waals surface area contributed by atoms with Gasteiger partial charge in [0, 0.05) is 17.8 Å². The largest absolute Gasteiger partial charge is 0.381 e. The van der Waals surface area contributed by atoms with Crippen molar-refractivity contribution >= 4 is 17.3 Å². The Hall–Kier alpha value is -2.36. The normalized spacial score (nSPS) is 20.2. The Labute approximate surface area is 142 Å². The number of aromatic nitrogens is 1. The van der Waals surface area contributed by atoms with Gasteiger partial charge in [0.15, 0.2) is 0 Å². The maximum Gasteiger partial charge on any atom is 0.277 e. The highest BCUT2D eigenvalue weighted by atomic mass is 16.2. The van der Waals surface area contributed by atoms with Crippen LogP contribution in [0.15, 0.2) is 42.6 Å². The number of nitrogens with zero attached hydrogens (tertiary/aromatic N) is 2. The van der Waals surface area contributed by atoms with Gasteiger partial charge < -0.3 is 10.2 Å². The van der Waals surface area contributed by atoms with Crippen molar-refractivity contribution in [2.24, 2.45) is 0 Å². The zero-order chi connectivity index (χ0) is 16.5. The first-order valence-electron chi connectivity index (χ1n) is 8.86. The van der Waals surface area contributed by atoms with E-state index in [1.165, 1.54) is 31.2 Å². The number of nitrogens with one attached hydrogen (secondary N) is 1. The Morgan fingerprint density at radius 2 is 1.96 bits per heavy atom. The van der Waals surface area contributed by atoms with E-state index in [-0.39, 0.29) is 11.9 Å². The molecular formula is C20H23N3O. The molecule has 124 valence electrons. The molecule has 4 rings (SSSR count). The maximum absolute atomic E-state index is 12.9. The lowest BCUT2D eigenvalue weighted by Crippen LogP contribution is -2.36. The number of rotatable bonds is 3. The fourth-order valence-corrected chi connectivity index (χ4v) is 3.91. The van der Waals surface area contributed by atoms with Crippen LogP contribution in [0.5, 0.6) is 0 Å². The number of pyridine rings is 1. The van der Waals surface area contributed by atoms with Gasteiger partial charge in [0.2, 0.25) is 0 Å². The summed E-state index contributed by atoms with van der Waals surface area (Å²) in [6.07, 6.45) is 7.74. The maximum atomic E-state index is 12.9. The number of carbonyl (C=O) groups excluding carboxylic acids is 1. The first-order valence-corrected chi connectivity index (χ1v) is 8.86. The van der Waals surface area contributed by atoms with Crippen molar-refractivity contribution in [3.8, 4) is 0 Å². The van der Waals surface area contributed by atoms with Crippen molar-refractivity contribution in [2.45, 2.75) is 51.1 Å². The van der Waals surface area contributed by atoms with E-state index in [2.05, 4.69) is 23.3 Å². The molecule has 4 nitrogen and oxygen atoms in total. The summed E-state index contributed by atoms with van der Waals surface area (Å²) in [6.45, 7) is 2.09. The number of hydrogen-bond acceptors (Lipinski definition) is 3.